The van der Waals surface area contributed by atoms with Crippen molar-refractivity contribution in [2.24, 2.45) is 23.7 Å². The zero-order valence-corrected chi connectivity index (χ0v) is 25.8. The van der Waals surface area contributed by atoms with Crippen LogP contribution in [0.4, 0.5) is 5.69 Å². The minimum absolute atomic E-state index is 0.0427. The highest BCUT2D eigenvalue weighted by Crippen LogP contribution is 2.44. The van der Waals surface area contributed by atoms with E-state index in [9.17, 15) is 9.90 Å². The number of amides is 1. The molecule has 6 rings (SSSR count). The van der Waals surface area contributed by atoms with Gasteiger partial charge < -0.3 is 14.7 Å². The van der Waals surface area contributed by atoms with Gasteiger partial charge >= 0.3 is 0 Å². The average Bonchev–Trinajstić information content (AvgIpc) is 3.79. The molecule has 2 aliphatic heterocycles. The highest BCUT2D eigenvalue weighted by Gasteiger charge is 2.39. The van der Waals surface area contributed by atoms with E-state index in [0.717, 1.165) is 61.7 Å². The van der Waals surface area contributed by atoms with Gasteiger partial charge in [0.05, 0.1) is 18.4 Å². The first-order chi connectivity index (χ1) is 19.9. The second kappa shape index (κ2) is 12.6. The van der Waals surface area contributed by atoms with E-state index in [1.807, 2.05) is 30.3 Å². The second-order valence-corrected chi connectivity index (χ2v) is 14.1. The molecule has 7 heteroatoms. The van der Waals surface area contributed by atoms with E-state index in [-0.39, 0.29) is 17.7 Å². The number of aryl methyl sites for hydroxylation is 1. The molecule has 0 saturated heterocycles. The summed E-state index contributed by atoms with van der Waals surface area (Å²) in [5, 5.41) is 12.3. The van der Waals surface area contributed by atoms with Gasteiger partial charge in [0.15, 0.2) is 0 Å². The van der Waals surface area contributed by atoms with Crippen LogP contribution in [0.3, 0.4) is 0 Å². The summed E-state index contributed by atoms with van der Waals surface area (Å²) in [5.41, 5.74) is 4.22. The van der Waals surface area contributed by atoms with E-state index >= 15 is 0 Å². The van der Waals surface area contributed by atoms with E-state index in [2.05, 4.69) is 41.7 Å². The molecule has 0 radical (unpaired) electrons. The second-order valence-electron chi connectivity index (χ2n) is 12.7. The molecule has 2 aromatic rings. The van der Waals surface area contributed by atoms with Crippen LogP contribution in [-0.2, 0) is 6.42 Å². The normalized spacial score (nSPS) is 31.2. The first-order valence-corrected chi connectivity index (χ1v) is 16.8. The number of nitrogens with one attached hydrogen (secondary N) is 1. The zero-order valence-electron chi connectivity index (χ0n) is 24.2. The van der Waals surface area contributed by atoms with E-state index in [0.29, 0.717) is 35.2 Å². The van der Waals surface area contributed by atoms with Gasteiger partial charge in [0.1, 0.15) is 5.75 Å². The van der Waals surface area contributed by atoms with Crippen LogP contribution in [0.5, 0.6) is 5.75 Å². The predicted octanol–water partition coefficient (Wildman–Crippen LogP) is 7.41. The van der Waals surface area contributed by atoms with Crippen molar-refractivity contribution in [3.05, 3.63) is 70.3 Å². The summed E-state index contributed by atoms with van der Waals surface area (Å²) in [4.78, 5) is 15.9. The fourth-order valence-corrected chi connectivity index (χ4v) is 8.36. The van der Waals surface area contributed by atoms with Crippen molar-refractivity contribution in [2.45, 2.75) is 76.1 Å². The van der Waals surface area contributed by atoms with Gasteiger partial charge in [-0.2, -0.15) is 0 Å². The Balaban J connectivity index is 1.34. The minimum atomic E-state index is -0.419. The van der Waals surface area contributed by atoms with Crippen LogP contribution < -0.4 is 14.4 Å². The quantitative estimate of drug-likeness (QED) is 0.285. The molecule has 2 aliphatic carbocycles. The van der Waals surface area contributed by atoms with E-state index in [4.69, 9.17) is 16.3 Å². The molecular weight excluding hydrogens is 552 g/mol. The highest BCUT2D eigenvalue weighted by atomic mass is 35.5. The van der Waals surface area contributed by atoms with Crippen molar-refractivity contribution in [3.63, 3.8) is 0 Å². The topological polar surface area (TPSA) is 61.8 Å². The van der Waals surface area contributed by atoms with Gasteiger partial charge in [-0.05, 0) is 116 Å². The fraction of sp³-hybridized carbons (Fsp3) is 0.559. The van der Waals surface area contributed by atoms with Crippen molar-refractivity contribution >= 4 is 35.1 Å². The van der Waals surface area contributed by atoms with Crippen LogP contribution in [-0.4, -0.2) is 42.1 Å². The summed E-state index contributed by atoms with van der Waals surface area (Å²) in [6.45, 7) is 6.67. The molecule has 2 aromatic carbocycles. The van der Waals surface area contributed by atoms with E-state index in [1.54, 1.807) is 11.9 Å². The maximum Gasteiger partial charge on any atom is 0.261 e. The molecule has 41 heavy (non-hydrogen) atoms. The van der Waals surface area contributed by atoms with Crippen LogP contribution in [0.15, 0.2) is 48.6 Å². The van der Waals surface area contributed by atoms with Gasteiger partial charge in [-0.1, -0.05) is 50.1 Å². The molecule has 2 heterocycles. The molecule has 4 aliphatic rings. The van der Waals surface area contributed by atoms with Gasteiger partial charge in [-0.25, -0.2) is 0 Å². The molecule has 6 atom stereocenters. The number of hydrogen-bond donors (Lipinski definition) is 2. The third kappa shape index (κ3) is 6.45. The van der Waals surface area contributed by atoms with Crippen molar-refractivity contribution in [2.75, 3.05) is 24.6 Å². The number of carbonyl (C=O) groups excluding carboxylic acids is 1. The molecule has 2 saturated carbocycles. The standard InChI is InChI=1S/C34H43ClN2O3S/c1-3-5-23-16-27(35)12-14-28(23)26-19-37-18-25-10-13-29(25)31(38)7-4-6-21(2)33(22-8-9-22)41-36-34(39)24-11-15-32(40-20-26)30(37)17-24/h4,7,11-12,14-17,21-22,25-26,29,31,33,38H,3,5-6,8-10,13,18-20H2,1-2H3,(H,36,39)/b7-4+/t21?,25?,26?,29-,31?,33?/m1/s1. The van der Waals surface area contributed by atoms with E-state index in [1.165, 1.54) is 24.0 Å². The number of hydrogen-bond acceptors (Lipinski definition) is 5. The minimum Gasteiger partial charge on any atom is -0.491 e. The molecule has 5 unspecified atom stereocenters. The van der Waals surface area contributed by atoms with Gasteiger partial charge in [0, 0.05) is 34.8 Å². The Labute approximate surface area is 254 Å². The monoisotopic (exact) mass is 594 g/mol. The number of benzene rings is 2. The molecule has 2 N–H and O–H groups in total. The Morgan fingerprint density at radius 1 is 1.10 bits per heavy atom. The number of carbonyl (C=O) groups is 1. The number of nitrogens with zero attached hydrogens (tertiary/aromatic N) is 1. The maximum atomic E-state index is 13.4. The summed E-state index contributed by atoms with van der Waals surface area (Å²) in [7, 11) is 0. The van der Waals surface area contributed by atoms with E-state index < -0.39 is 6.10 Å². The molecule has 1 amide bonds. The summed E-state index contributed by atoms with van der Waals surface area (Å²) in [6, 6.07) is 12.2. The van der Waals surface area contributed by atoms with Crippen LogP contribution >= 0.6 is 23.5 Å². The van der Waals surface area contributed by atoms with Crippen molar-refractivity contribution in [1.82, 2.24) is 4.72 Å². The molecule has 5 nitrogen and oxygen atoms in total. The number of halogens is 1. The van der Waals surface area contributed by atoms with Crippen LogP contribution in [0.2, 0.25) is 5.02 Å². The van der Waals surface area contributed by atoms with Gasteiger partial charge in [-0.3, -0.25) is 9.52 Å². The number of rotatable bonds is 4. The molecule has 220 valence electrons. The van der Waals surface area contributed by atoms with Crippen molar-refractivity contribution in [3.8, 4) is 5.75 Å². The number of aliphatic hydroxyl groups is 1. The Bertz CT molecular complexity index is 1280. The lowest BCUT2D eigenvalue weighted by Gasteiger charge is -2.42. The highest BCUT2D eigenvalue weighted by molar-refractivity contribution is 7.98. The Morgan fingerprint density at radius 2 is 1.93 bits per heavy atom. The van der Waals surface area contributed by atoms with Crippen LogP contribution in [0.25, 0.3) is 0 Å². The third-order valence-corrected chi connectivity index (χ3v) is 11.3. The smallest absolute Gasteiger partial charge is 0.261 e. The number of fused-ring (bicyclic) bond motifs is 2. The Kier molecular flexibility index (Phi) is 8.90. The summed E-state index contributed by atoms with van der Waals surface area (Å²) in [5.74, 6) is 2.68. The molecule has 0 spiro atoms. The fourth-order valence-electron chi connectivity index (χ4n) is 7.00. The lowest BCUT2D eigenvalue weighted by molar-refractivity contribution is 0.0461. The van der Waals surface area contributed by atoms with Crippen LogP contribution in [0.1, 0.15) is 79.8 Å². The lowest BCUT2D eigenvalue weighted by Crippen LogP contribution is -2.44. The van der Waals surface area contributed by atoms with Crippen LogP contribution in [0, 0.1) is 23.7 Å². The molecule has 2 bridgehead atoms. The Hall–Kier alpha value is -2.15. The van der Waals surface area contributed by atoms with Gasteiger partial charge in [-0.15, -0.1) is 0 Å². The molecule has 2 fully saturated rings. The first-order valence-electron chi connectivity index (χ1n) is 15.5. The largest absolute Gasteiger partial charge is 0.491 e. The molecular formula is C34H43ClN2O3S. The molecule has 0 aromatic heterocycles. The summed E-state index contributed by atoms with van der Waals surface area (Å²) in [6.07, 6.45) is 11.4. The number of anilines is 1. The van der Waals surface area contributed by atoms with Crippen molar-refractivity contribution in [1.29, 1.82) is 0 Å². The number of aliphatic hydroxyl groups excluding tert-OH is 1. The average molecular weight is 595 g/mol. The predicted molar refractivity (Wildman–Crippen MR) is 169 cm³/mol. The van der Waals surface area contributed by atoms with Gasteiger partial charge in [0.25, 0.3) is 5.91 Å². The van der Waals surface area contributed by atoms with Gasteiger partial charge in [0.2, 0.25) is 0 Å². The summed E-state index contributed by atoms with van der Waals surface area (Å²) < 4.78 is 9.67. The van der Waals surface area contributed by atoms with Crippen molar-refractivity contribution < 1.29 is 14.6 Å². The Morgan fingerprint density at radius 3 is 2.68 bits per heavy atom. The third-order valence-electron chi connectivity index (χ3n) is 9.65. The first kappa shape index (κ1) is 28.9. The number of ether oxygens (including phenoxy) is 1. The summed E-state index contributed by atoms with van der Waals surface area (Å²) >= 11 is 8.00. The lowest BCUT2D eigenvalue weighted by atomic mass is 9.70. The maximum absolute atomic E-state index is 13.4. The zero-order chi connectivity index (χ0) is 28.5. The number of allylic oxidation sites excluding steroid dienone is 1. The SMILES string of the molecule is CCCc1cc(Cl)ccc1C1COc2ccc3cc2N(C1)CC1CC[C@H]1C(O)/C=C/CC(C)C(C1CC1)SNC3=O.